The minimum Gasteiger partial charge on any atom is -0.618 e. The van der Waals surface area contributed by atoms with E-state index in [1.54, 1.807) is 36.4 Å². The molecule has 5 nitrogen and oxygen atoms in total. The van der Waals surface area contributed by atoms with Gasteiger partial charge in [0.2, 0.25) is 5.91 Å². The number of halogens is 1. The molecule has 1 aromatic heterocycles. The molecule has 0 aliphatic carbocycles. The second kappa shape index (κ2) is 8.79. The summed E-state index contributed by atoms with van der Waals surface area (Å²) in [7, 11) is 1.53. The number of pyridine rings is 1. The van der Waals surface area contributed by atoms with E-state index in [9.17, 15) is 10.0 Å². The first-order valence-corrected chi connectivity index (χ1v) is 9.38. The minimum absolute atomic E-state index is 0.253. The van der Waals surface area contributed by atoms with Gasteiger partial charge in [-0.3, -0.25) is 4.79 Å². The number of nitrogens with one attached hydrogen (secondary N) is 1. The maximum atomic E-state index is 13.0. The van der Waals surface area contributed by atoms with Gasteiger partial charge in [-0.1, -0.05) is 41.9 Å². The standard InChI is InChI=1S/C20H17ClN2O3S/c1-26-17-11-10-15(13-16(17)21)22-20(24)19(14-7-3-2-4-8-14)27-18-9-5-6-12-23(18)25/h2-13,19H,1H3,(H,22,24). The van der Waals surface area contributed by atoms with Crippen molar-refractivity contribution in [1.82, 2.24) is 0 Å². The smallest absolute Gasteiger partial charge is 0.252 e. The molecule has 1 N–H and O–H groups in total. The number of anilines is 1. The Labute approximate surface area is 166 Å². The second-order valence-corrected chi connectivity index (χ2v) is 7.14. The highest BCUT2D eigenvalue weighted by Gasteiger charge is 2.25. The molecule has 0 aliphatic heterocycles. The van der Waals surface area contributed by atoms with E-state index in [2.05, 4.69) is 5.32 Å². The number of nitrogens with zero attached hydrogens (tertiary/aromatic N) is 1. The molecule has 0 bridgehead atoms. The Morgan fingerprint density at radius 3 is 2.56 bits per heavy atom. The number of aromatic nitrogens is 1. The van der Waals surface area contributed by atoms with Gasteiger partial charge >= 0.3 is 0 Å². The molecule has 0 fully saturated rings. The van der Waals surface area contributed by atoms with Crippen molar-refractivity contribution in [3.8, 4) is 5.75 Å². The number of amides is 1. The van der Waals surface area contributed by atoms with E-state index in [-0.39, 0.29) is 5.91 Å². The van der Waals surface area contributed by atoms with E-state index in [0.29, 0.717) is 21.5 Å². The fourth-order valence-electron chi connectivity index (χ4n) is 2.48. The van der Waals surface area contributed by atoms with E-state index >= 15 is 0 Å². The van der Waals surface area contributed by atoms with Crippen LogP contribution in [0.1, 0.15) is 10.8 Å². The van der Waals surface area contributed by atoms with Crippen LogP contribution in [0.3, 0.4) is 0 Å². The third-order valence-electron chi connectivity index (χ3n) is 3.79. The Hall–Kier alpha value is -2.70. The molecule has 0 radical (unpaired) electrons. The lowest BCUT2D eigenvalue weighted by Gasteiger charge is -2.17. The molecule has 1 heterocycles. The van der Waals surface area contributed by atoms with Crippen LogP contribution < -0.4 is 14.8 Å². The molecule has 27 heavy (non-hydrogen) atoms. The maximum Gasteiger partial charge on any atom is 0.252 e. The quantitative estimate of drug-likeness (QED) is 0.377. The third kappa shape index (κ3) is 4.72. The van der Waals surface area contributed by atoms with E-state index in [1.165, 1.54) is 25.1 Å². The number of hydrogen-bond acceptors (Lipinski definition) is 4. The molecule has 0 saturated heterocycles. The Bertz CT molecular complexity index is 938. The molecule has 0 aliphatic rings. The highest BCUT2D eigenvalue weighted by Crippen LogP contribution is 2.35. The Kier molecular flexibility index (Phi) is 6.21. The molecule has 1 atom stereocenters. The predicted molar refractivity (Wildman–Crippen MR) is 107 cm³/mol. The van der Waals surface area contributed by atoms with Crippen LogP contribution in [-0.2, 0) is 4.79 Å². The highest BCUT2D eigenvalue weighted by molar-refractivity contribution is 8.00. The summed E-state index contributed by atoms with van der Waals surface area (Å²) >= 11 is 7.32. The van der Waals surface area contributed by atoms with Crippen molar-refractivity contribution < 1.29 is 14.3 Å². The zero-order valence-corrected chi connectivity index (χ0v) is 16.0. The van der Waals surface area contributed by atoms with Crippen LogP contribution in [0.4, 0.5) is 5.69 Å². The molecule has 1 amide bonds. The van der Waals surface area contributed by atoms with E-state index in [1.807, 2.05) is 30.3 Å². The summed E-state index contributed by atoms with van der Waals surface area (Å²) in [5.74, 6) is 0.275. The molecule has 1 unspecified atom stereocenters. The van der Waals surface area contributed by atoms with Crippen LogP contribution in [0.2, 0.25) is 5.02 Å². The van der Waals surface area contributed by atoms with Gasteiger partial charge in [0.25, 0.3) is 5.03 Å². The zero-order valence-electron chi connectivity index (χ0n) is 14.5. The molecule has 0 saturated carbocycles. The maximum absolute atomic E-state index is 13.0. The van der Waals surface area contributed by atoms with Crippen molar-refractivity contribution in [2.75, 3.05) is 12.4 Å². The normalized spacial score (nSPS) is 11.6. The van der Waals surface area contributed by atoms with Gasteiger partial charge in [-0.15, -0.1) is 0 Å². The van der Waals surface area contributed by atoms with Crippen LogP contribution >= 0.6 is 23.4 Å². The van der Waals surface area contributed by atoms with Gasteiger partial charge in [0, 0.05) is 17.8 Å². The average Bonchev–Trinajstić information content (AvgIpc) is 2.68. The number of carbonyl (C=O) groups is 1. The van der Waals surface area contributed by atoms with Gasteiger partial charge in [0.1, 0.15) is 11.0 Å². The van der Waals surface area contributed by atoms with Crippen LogP contribution in [0, 0.1) is 5.21 Å². The first kappa shape index (κ1) is 19.1. The largest absolute Gasteiger partial charge is 0.618 e. The van der Waals surface area contributed by atoms with Crippen LogP contribution in [0.5, 0.6) is 5.75 Å². The van der Waals surface area contributed by atoms with Crippen molar-refractivity contribution in [3.63, 3.8) is 0 Å². The number of thioether (sulfide) groups is 1. The summed E-state index contributed by atoms with van der Waals surface area (Å²) in [6.45, 7) is 0. The number of carbonyl (C=O) groups excluding carboxylic acids is 1. The first-order chi connectivity index (χ1) is 13.1. The molecule has 2 aromatic carbocycles. The molecule has 7 heteroatoms. The van der Waals surface area contributed by atoms with Crippen LogP contribution in [-0.4, -0.2) is 13.0 Å². The average molecular weight is 401 g/mol. The van der Waals surface area contributed by atoms with Crippen molar-refractivity contribution in [1.29, 1.82) is 0 Å². The van der Waals surface area contributed by atoms with Crippen molar-refractivity contribution in [3.05, 3.63) is 88.7 Å². The van der Waals surface area contributed by atoms with Gasteiger partial charge in [0.05, 0.1) is 12.1 Å². The van der Waals surface area contributed by atoms with Gasteiger partial charge in [-0.2, -0.15) is 4.73 Å². The predicted octanol–water partition coefficient (Wildman–Crippen LogP) is 4.45. The summed E-state index contributed by atoms with van der Waals surface area (Å²) in [5, 5.41) is 15.1. The van der Waals surface area contributed by atoms with Crippen molar-refractivity contribution in [2.45, 2.75) is 10.3 Å². The topological polar surface area (TPSA) is 65.3 Å². The highest BCUT2D eigenvalue weighted by atomic mass is 35.5. The van der Waals surface area contributed by atoms with E-state index in [4.69, 9.17) is 16.3 Å². The summed E-state index contributed by atoms with van der Waals surface area (Å²) < 4.78 is 5.88. The van der Waals surface area contributed by atoms with Gasteiger partial charge < -0.3 is 15.3 Å². The Balaban J connectivity index is 1.87. The summed E-state index contributed by atoms with van der Waals surface area (Å²) in [5.41, 5.74) is 1.35. The minimum atomic E-state index is -0.602. The molecule has 0 spiro atoms. The number of hydrogen-bond donors (Lipinski definition) is 1. The lowest BCUT2D eigenvalue weighted by molar-refractivity contribution is -0.645. The summed E-state index contributed by atoms with van der Waals surface area (Å²) in [6, 6.07) is 19.4. The summed E-state index contributed by atoms with van der Waals surface area (Å²) in [6.07, 6.45) is 1.41. The number of ether oxygens (including phenoxy) is 1. The van der Waals surface area contributed by atoms with Crippen molar-refractivity contribution >= 4 is 35.0 Å². The van der Waals surface area contributed by atoms with Gasteiger partial charge in [0.15, 0.2) is 6.20 Å². The van der Waals surface area contributed by atoms with Gasteiger partial charge in [-0.25, -0.2) is 0 Å². The lowest BCUT2D eigenvalue weighted by Crippen LogP contribution is -2.29. The van der Waals surface area contributed by atoms with Gasteiger partial charge in [-0.05, 0) is 41.6 Å². The number of benzene rings is 2. The van der Waals surface area contributed by atoms with Crippen LogP contribution in [0.25, 0.3) is 0 Å². The molecular weight excluding hydrogens is 384 g/mol. The molecular formula is C20H17ClN2O3S. The van der Waals surface area contributed by atoms with E-state index in [0.717, 1.165) is 10.3 Å². The monoisotopic (exact) mass is 400 g/mol. The summed E-state index contributed by atoms with van der Waals surface area (Å²) in [4.78, 5) is 13.0. The Morgan fingerprint density at radius 2 is 1.89 bits per heavy atom. The third-order valence-corrected chi connectivity index (χ3v) is 5.36. The SMILES string of the molecule is COc1ccc(NC(=O)C(Sc2cccc[n+]2[O-])c2ccccc2)cc1Cl. The van der Waals surface area contributed by atoms with Crippen LogP contribution in [0.15, 0.2) is 78.0 Å². The van der Waals surface area contributed by atoms with E-state index < -0.39 is 5.25 Å². The fraction of sp³-hybridized carbons (Fsp3) is 0.100. The zero-order chi connectivity index (χ0) is 19.2. The second-order valence-electron chi connectivity index (χ2n) is 5.61. The molecule has 3 aromatic rings. The number of rotatable bonds is 6. The number of methoxy groups -OCH3 is 1. The first-order valence-electron chi connectivity index (χ1n) is 8.12. The Morgan fingerprint density at radius 1 is 1.15 bits per heavy atom. The molecule has 3 rings (SSSR count). The van der Waals surface area contributed by atoms with Crippen molar-refractivity contribution in [2.24, 2.45) is 0 Å². The lowest BCUT2D eigenvalue weighted by atomic mass is 10.1. The molecule has 138 valence electrons. The fourth-order valence-corrected chi connectivity index (χ4v) is 3.76.